The molecule has 0 N–H and O–H groups in total. The largest absolute Gasteiger partial charge is 0.469 e. The Morgan fingerprint density at radius 1 is 1.17 bits per heavy atom. The van der Waals surface area contributed by atoms with Gasteiger partial charge in [-0.1, -0.05) is 12.1 Å². The van der Waals surface area contributed by atoms with E-state index in [4.69, 9.17) is 14.1 Å². The van der Waals surface area contributed by atoms with Crippen LogP contribution in [0.3, 0.4) is 0 Å². The quantitative estimate of drug-likeness (QED) is 0.715. The summed E-state index contributed by atoms with van der Waals surface area (Å²) in [6, 6.07) is 11.9. The molecule has 1 aliphatic carbocycles. The molecule has 3 atom stereocenters. The summed E-state index contributed by atoms with van der Waals surface area (Å²) < 4.78 is 10.7. The normalized spacial score (nSPS) is 23.7. The van der Waals surface area contributed by atoms with Gasteiger partial charge in [0.1, 0.15) is 11.7 Å². The van der Waals surface area contributed by atoms with Crippen molar-refractivity contribution >= 4 is 23.2 Å². The van der Waals surface area contributed by atoms with Gasteiger partial charge in [0.05, 0.1) is 19.3 Å². The lowest BCUT2D eigenvalue weighted by Gasteiger charge is -2.35. The van der Waals surface area contributed by atoms with Gasteiger partial charge in [0.2, 0.25) is 0 Å². The molecule has 2 heterocycles. The Bertz CT molecular complexity index is 1020. The van der Waals surface area contributed by atoms with Gasteiger partial charge in [0, 0.05) is 43.2 Å². The Labute approximate surface area is 176 Å². The molecule has 0 bridgehead atoms. The Kier molecular flexibility index (Phi) is 5.33. The Hall–Kier alpha value is -3.15. The van der Waals surface area contributed by atoms with Crippen LogP contribution in [-0.4, -0.2) is 38.7 Å². The van der Waals surface area contributed by atoms with Crippen molar-refractivity contribution in [1.82, 2.24) is 0 Å². The fourth-order valence-corrected chi connectivity index (χ4v) is 4.55. The lowest BCUT2D eigenvalue weighted by atomic mass is 9.71. The van der Waals surface area contributed by atoms with E-state index >= 15 is 0 Å². The molecule has 0 spiro atoms. The number of Topliss-reactive ketones (excluding diaryl/α,β-unsaturated/α-hetero) is 1. The molecule has 4 rings (SSSR count). The number of furan rings is 1. The second-order valence-corrected chi connectivity index (χ2v) is 8.12. The highest BCUT2D eigenvalue weighted by Crippen LogP contribution is 2.46. The number of nitrogens with zero attached hydrogens (tertiary/aromatic N) is 2. The van der Waals surface area contributed by atoms with Crippen LogP contribution in [0.1, 0.15) is 42.9 Å². The van der Waals surface area contributed by atoms with Gasteiger partial charge in [-0.2, -0.15) is 0 Å². The Morgan fingerprint density at radius 2 is 1.90 bits per heavy atom. The number of carbonyl (C=O) groups excluding carboxylic acids is 2. The third-order valence-electron chi connectivity index (χ3n) is 6.07. The summed E-state index contributed by atoms with van der Waals surface area (Å²) in [5.74, 6) is -0.877. The van der Waals surface area contributed by atoms with Crippen molar-refractivity contribution in [3.05, 3.63) is 65.3 Å². The number of benzene rings is 1. The predicted octanol–water partition coefficient (Wildman–Crippen LogP) is 4.09. The lowest BCUT2D eigenvalue weighted by Crippen LogP contribution is -2.37. The summed E-state index contributed by atoms with van der Waals surface area (Å²) in [4.78, 5) is 32.6. The molecule has 1 unspecified atom stereocenters. The molecule has 0 saturated heterocycles. The van der Waals surface area contributed by atoms with E-state index in [2.05, 4.69) is 24.3 Å². The summed E-state index contributed by atoms with van der Waals surface area (Å²) >= 11 is 0. The van der Waals surface area contributed by atoms with Crippen molar-refractivity contribution in [3.8, 4) is 0 Å². The van der Waals surface area contributed by atoms with Gasteiger partial charge in [-0.05, 0) is 49.1 Å². The fraction of sp³-hybridized carbons (Fsp3) is 0.375. The molecule has 1 aromatic heterocycles. The first-order valence-electron chi connectivity index (χ1n) is 10.1. The van der Waals surface area contributed by atoms with E-state index < -0.39 is 17.8 Å². The number of hydrogen-bond donors (Lipinski definition) is 0. The van der Waals surface area contributed by atoms with Crippen LogP contribution in [0, 0.1) is 5.92 Å². The molecule has 6 heteroatoms. The van der Waals surface area contributed by atoms with Crippen molar-refractivity contribution in [3.63, 3.8) is 0 Å². The fourth-order valence-electron chi connectivity index (χ4n) is 4.55. The van der Waals surface area contributed by atoms with Crippen LogP contribution >= 0.6 is 0 Å². The van der Waals surface area contributed by atoms with Crippen LogP contribution in [0.25, 0.3) is 0 Å². The van der Waals surface area contributed by atoms with Crippen LogP contribution in [0.4, 0.5) is 5.69 Å². The number of ketones is 1. The first-order valence-corrected chi connectivity index (χ1v) is 10.1. The van der Waals surface area contributed by atoms with E-state index in [1.807, 2.05) is 32.0 Å². The molecule has 0 saturated carbocycles. The highest BCUT2D eigenvalue weighted by atomic mass is 16.5. The summed E-state index contributed by atoms with van der Waals surface area (Å²) in [6.07, 6.45) is 2.61. The van der Waals surface area contributed by atoms with E-state index in [0.717, 1.165) is 16.9 Å². The molecular formula is C24H26N2O4. The molecule has 0 fully saturated rings. The molecule has 156 valence electrons. The Balaban J connectivity index is 1.73. The van der Waals surface area contributed by atoms with Crippen molar-refractivity contribution in [2.75, 3.05) is 26.1 Å². The van der Waals surface area contributed by atoms with Crippen LogP contribution < -0.4 is 4.90 Å². The lowest BCUT2D eigenvalue weighted by molar-refractivity contribution is -0.143. The Morgan fingerprint density at radius 3 is 2.50 bits per heavy atom. The minimum absolute atomic E-state index is 0.0180. The topological polar surface area (TPSA) is 72.1 Å². The summed E-state index contributed by atoms with van der Waals surface area (Å²) in [5, 5.41) is 0. The number of hydrogen-bond acceptors (Lipinski definition) is 6. The van der Waals surface area contributed by atoms with Gasteiger partial charge in [-0.3, -0.25) is 14.6 Å². The number of carbonyl (C=O) groups is 2. The number of allylic oxidation sites excluding steroid dienone is 2. The van der Waals surface area contributed by atoms with Gasteiger partial charge in [-0.15, -0.1) is 0 Å². The van der Waals surface area contributed by atoms with Gasteiger partial charge < -0.3 is 14.1 Å². The number of anilines is 1. The van der Waals surface area contributed by atoms with Gasteiger partial charge in [0.15, 0.2) is 5.78 Å². The summed E-state index contributed by atoms with van der Waals surface area (Å²) in [5.41, 5.74) is 4.24. The predicted molar refractivity (Wildman–Crippen MR) is 115 cm³/mol. The third-order valence-corrected chi connectivity index (χ3v) is 6.07. The van der Waals surface area contributed by atoms with E-state index in [1.54, 1.807) is 12.3 Å². The van der Waals surface area contributed by atoms with Crippen LogP contribution in [0.5, 0.6) is 0 Å². The third kappa shape index (κ3) is 3.47. The first-order chi connectivity index (χ1) is 14.4. The molecule has 0 radical (unpaired) electrons. The van der Waals surface area contributed by atoms with Crippen molar-refractivity contribution in [2.45, 2.75) is 31.6 Å². The second-order valence-electron chi connectivity index (χ2n) is 8.12. The maximum Gasteiger partial charge on any atom is 0.315 e. The van der Waals surface area contributed by atoms with E-state index in [9.17, 15) is 9.59 Å². The number of aliphatic imine (C=N–C) groups is 1. The van der Waals surface area contributed by atoms with E-state index in [1.165, 1.54) is 7.11 Å². The number of esters is 1. The molecule has 1 aromatic carbocycles. The average molecular weight is 406 g/mol. The van der Waals surface area contributed by atoms with Gasteiger partial charge >= 0.3 is 5.97 Å². The van der Waals surface area contributed by atoms with Crippen LogP contribution in [0.2, 0.25) is 0 Å². The van der Waals surface area contributed by atoms with Crippen molar-refractivity contribution < 1.29 is 18.7 Å². The number of rotatable bonds is 4. The number of ether oxygens (including phenoxy) is 1. The maximum absolute atomic E-state index is 13.3. The summed E-state index contributed by atoms with van der Waals surface area (Å²) in [6.45, 7) is 1.82. The van der Waals surface area contributed by atoms with Gasteiger partial charge in [0.25, 0.3) is 0 Å². The monoisotopic (exact) mass is 406 g/mol. The zero-order chi connectivity index (χ0) is 21.4. The number of methoxy groups -OCH3 is 1. The molecule has 1 aliphatic heterocycles. The van der Waals surface area contributed by atoms with Crippen LogP contribution in [-0.2, 0) is 14.3 Å². The molecule has 6 nitrogen and oxygen atoms in total. The maximum atomic E-state index is 13.3. The van der Waals surface area contributed by atoms with E-state index in [-0.39, 0.29) is 11.7 Å². The second kappa shape index (κ2) is 7.94. The molecule has 30 heavy (non-hydrogen) atoms. The zero-order valence-corrected chi connectivity index (χ0v) is 17.7. The minimum Gasteiger partial charge on any atom is -0.469 e. The van der Waals surface area contributed by atoms with Gasteiger partial charge in [-0.25, -0.2) is 0 Å². The average Bonchev–Trinajstić information content (AvgIpc) is 3.26. The highest BCUT2D eigenvalue weighted by Gasteiger charge is 2.45. The van der Waals surface area contributed by atoms with Crippen molar-refractivity contribution in [1.29, 1.82) is 0 Å². The standard InChI is InChI=1S/C24H26N2O4/c1-14-21(24(28)29-4)23(20-6-5-11-30-20)22-18(25-14)12-16(13-19(22)27)15-7-9-17(10-8-15)26(2)3/h5-11,16,21,23H,12-13H2,1-4H3/t16-,21?,23-/m0/s1. The SMILES string of the molecule is COC(=O)C1C(C)=NC2=C(C(=O)C[C@@H](c3ccc(N(C)C)cc3)C2)[C@H]1c1ccco1. The molecule has 2 aliphatic rings. The molecule has 2 aromatic rings. The minimum atomic E-state index is -0.653. The molecule has 0 amide bonds. The smallest absolute Gasteiger partial charge is 0.315 e. The highest BCUT2D eigenvalue weighted by molar-refractivity contribution is 6.08. The van der Waals surface area contributed by atoms with E-state index in [0.29, 0.717) is 29.9 Å². The van der Waals surface area contributed by atoms with Crippen LogP contribution in [0.15, 0.2) is 63.3 Å². The summed E-state index contributed by atoms with van der Waals surface area (Å²) in [7, 11) is 5.36. The zero-order valence-electron chi connectivity index (χ0n) is 17.7. The molecular weight excluding hydrogens is 380 g/mol. The first kappa shape index (κ1) is 20.1. The van der Waals surface area contributed by atoms with Crippen molar-refractivity contribution in [2.24, 2.45) is 10.9 Å².